The van der Waals surface area contributed by atoms with Crippen molar-refractivity contribution in [3.8, 4) is 0 Å². The second kappa shape index (κ2) is 7.23. The van der Waals surface area contributed by atoms with Gasteiger partial charge in [0.1, 0.15) is 0 Å². The number of benzene rings is 2. The van der Waals surface area contributed by atoms with Gasteiger partial charge in [0.05, 0.1) is 0 Å². The SMILES string of the molecule is O=C(C=Cc1cccc2ccccc12)NC(=S)NNC(=O)C1CC1. The molecule has 1 aliphatic rings. The molecule has 0 saturated heterocycles. The minimum atomic E-state index is -0.360. The molecule has 0 aromatic heterocycles. The van der Waals surface area contributed by atoms with E-state index in [-0.39, 0.29) is 22.8 Å². The number of hydrogen-bond donors (Lipinski definition) is 3. The van der Waals surface area contributed by atoms with Crippen molar-refractivity contribution in [1.29, 1.82) is 0 Å². The molecular weight excluding hydrogens is 322 g/mol. The topological polar surface area (TPSA) is 70.2 Å². The van der Waals surface area contributed by atoms with E-state index in [1.807, 2.05) is 42.5 Å². The van der Waals surface area contributed by atoms with E-state index >= 15 is 0 Å². The third-order valence-corrected chi connectivity index (χ3v) is 3.93. The van der Waals surface area contributed by atoms with Crippen LogP contribution in [0.3, 0.4) is 0 Å². The third-order valence-electron chi connectivity index (χ3n) is 3.72. The van der Waals surface area contributed by atoms with Gasteiger partial charge in [-0.05, 0) is 47.5 Å². The molecule has 0 bridgehead atoms. The van der Waals surface area contributed by atoms with Crippen molar-refractivity contribution in [3.63, 3.8) is 0 Å². The van der Waals surface area contributed by atoms with E-state index in [0.29, 0.717) is 0 Å². The average molecular weight is 339 g/mol. The largest absolute Gasteiger partial charge is 0.298 e. The number of carbonyl (C=O) groups is 2. The number of thiocarbonyl (C=S) groups is 1. The van der Waals surface area contributed by atoms with E-state index in [1.54, 1.807) is 6.08 Å². The van der Waals surface area contributed by atoms with Crippen LogP contribution in [0.25, 0.3) is 16.8 Å². The highest BCUT2D eigenvalue weighted by molar-refractivity contribution is 7.80. The fourth-order valence-corrected chi connectivity index (χ4v) is 2.46. The predicted octanol–water partition coefficient (Wildman–Crippen LogP) is 2.28. The van der Waals surface area contributed by atoms with Gasteiger partial charge in [-0.3, -0.25) is 25.8 Å². The maximum Gasteiger partial charge on any atom is 0.250 e. The highest BCUT2D eigenvalue weighted by atomic mass is 32.1. The van der Waals surface area contributed by atoms with Crippen molar-refractivity contribution in [2.24, 2.45) is 5.92 Å². The lowest BCUT2D eigenvalue weighted by atomic mass is 10.0. The zero-order chi connectivity index (χ0) is 16.9. The van der Waals surface area contributed by atoms with Gasteiger partial charge in [-0.1, -0.05) is 42.5 Å². The molecule has 0 atom stereocenters. The van der Waals surface area contributed by atoms with Gasteiger partial charge in [-0.15, -0.1) is 0 Å². The van der Waals surface area contributed by atoms with Gasteiger partial charge >= 0.3 is 0 Å². The summed E-state index contributed by atoms with van der Waals surface area (Å²) in [5.41, 5.74) is 5.96. The average Bonchev–Trinajstić information content (AvgIpc) is 3.43. The van der Waals surface area contributed by atoms with Crippen LogP contribution < -0.4 is 16.2 Å². The van der Waals surface area contributed by atoms with Crippen LogP contribution in [0.2, 0.25) is 0 Å². The van der Waals surface area contributed by atoms with E-state index in [1.165, 1.54) is 6.08 Å². The van der Waals surface area contributed by atoms with E-state index in [4.69, 9.17) is 12.2 Å². The Balaban J connectivity index is 1.56. The molecule has 2 aromatic rings. The summed E-state index contributed by atoms with van der Waals surface area (Å²) in [7, 11) is 0. The first-order valence-corrected chi connectivity index (χ1v) is 8.11. The molecule has 0 unspecified atom stereocenters. The van der Waals surface area contributed by atoms with E-state index < -0.39 is 0 Å². The summed E-state index contributed by atoms with van der Waals surface area (Å²) in [4.78, 5) is 23.4. The van der Waals surface area contributed by atoms with Gasteiger partial charge in [-0.25, -0.2) is 0 Å². The van der Waals surface area contributed by atoms with Crippen LogP contribution in [0.5, 0.6) is 0 Å². The Bertz CT molecular complexity index is 823. The maximum absolute atomic E-state index is 11.9. The van der Waals surface area contributed by atoms with E-state index in [0.717, 1.165) is 29.2 Å². The quantitative estimate of drug-likeness (QED) is 0.456. The van der Waals surface area contributed by atoms with Crippen LogP contribution in [0, 0.1) is 5.92 Å². The molecule has 1 saturated carbocycles. The zero-order valence-electron chi connectivity index (χ0n) is 12.9. The number of rotatable bonds is 3. The monoisotopic (exact) mass is 339 g/mol. The molecule has 122 valence electrons. The van der Waals surface area contributed by atoms with Gasteiger partial charge in [-0.2, -0.15) is 0 Å². The number of hydrogen-bond acceptors (Lipinski definition) is 3. The van der Waals surface area contributed by atoms with Crippen molar-refractivity contribution >= 4 is 46.0 Å². The Kier molecular flexibility index (Phi) is 4.86. The molecule has 24 heavy (non-hydrogen) atoms. The van der Waals surface area contributed by atoms with Gasteiger partial charge in [0, 0.05) is 12.0 Å². The van der Waals surface area contributed by atoms with Crippen molar-refractivity contribution in [2.45, 2.75) is 12.8 Å². The lowest BCUT2D eigenvalue weighted by Gasteiger charge is -2.09. The van der Waals surface area contributed by atoms with Crippen LogP contribution in [0.15, 0.2) is 48.5 Å². The molecule has 2 aromatic carbocycles. The van der Waals surface area contributed by atoms with Gasteiger partial charge < -0.3 is 0 Å². The first-order chi connectivity index (χ1) is 11.6. The molecule has 0 radical (unpaired) electrons. The summed E-state index contributed by atoms with van der Waals surface area (Å²) in [5.74, 6) is -0.388. The highest BCUT2D eigenvalue weighted by Crippen LogP contribution is 2.28. The molecule has 3 rings (SSSR count). The Morgan fingerprint density at radius 3 is 2.58 bits per heavy atom. The summed E-state index contributed by atoms with van der Waals surface area (Å²) >= 11 is 4.97. The predicted molar refractivity (Wildman–Crippen MR) is 97.7 cm³/mol. The second-order valence-corrected chi connectivity index (χ2v) is 6.02. The first-order valence-electron chi connectivity index (χ1n) is 7.70. The number of hydrazine groups is 1. The molecule has 3 N–H and O–H groups in total. The molecule has 6 heteroatoms. The molecule has 1 fully saturated rings. The molecule has 1 aliphatic carbocycles. The second-order valence-electron chi connectivity index (χ2n) is 5.61. The van der Waals surface area contributed by atoms with Crippen LogP contribution in [-0.4, -0.2) is 16.9 Å². The standard InChI is InChI=1S/C18H17N3O2S/c22-16(19-18(24)21-20-17(23)14-8-9-14)11-10-13-6-3-5-12-4-1-2-7-15(12)13/h1-7,10-11,14H,8-9H2,(H,20,23)(H2,19,21,22,24). The summed E-state index contributed by atoms with van der Waals surface area (Å²) < 4.78 is 0. The highest BCUT2D eigenvalue weighted by Gasteiger charge is 2.29. The Morgan fingerprint density at radius 2 is 1.79 bits per heavy atom. The minimum absolute atomic E-state index is 0.0663. The van der Waals surface area contributed by atoms with Crippen LogP contribution >= 0.6 is 12.2 Å². The third kappa shape index (κ3) is 4.17. The van der Waals surface area contributed by atoms with Crippen LogP contribution in [-0.2, 0) is 9.59 Å². The van der Waals surface area contributed by atoms with Crippen molar-refractivity contribution < 1.29 is 9.59 Å². The number of fused-ring (bicyclic) bond motifs is 1. The Hall–Kier alpha value is -2.73. The first kappa shape index (κ1) is 16.1. The van der Waals surface area contributed by atoms with Crippen molar-refractivity contribution in [3.05, 3.63) is 54.1 Å². The minimum Gasteiger partial charge on any atom is -0.298 e. The summed E-state index contributed by atoms with van der Waals surface area (Å²) in [5, 5.41) is 4.74. The summed E-state index contributed by atoms with van der Waals surface area (Å²) in [6.45, 7) is 0. The molecule has 0 aliphatic heterocycles. The van der Waals surface area contributed by atoms with Gasteiger partial charge in [0.2, 0.25) is 11.8 Å². The van der Waals surface area contributed by atoms with E-state index in [9.17, 15) is 9.59 Å². The maximum atomic E-state index is 11.9. The molecule has 2 amide bonds. The fourth-order valence-electron chi connectivity index (χ4n) is 2.31. The van der Waals surface area contributed by atoms with Crippen molar-refractivity contribution in [1.82, 2.24) is 16.2 Å². The van der Waals surface area contributed by atoms with Gasteiger partial charge in [0.25, 0.3) is 0 Å². The Morgan fingerprint density at radius 1 is 1.04 bits per heavy atom. The van der Waals surface area contributed by atoms with Crippen molar-refractivity contribution in [2.75, 3.05) is 0 Å². The zero-order valence-corrected chi connectivity index (χ0v) is 13.7. The number of amides is 2. The number of nitrogens with one attached hydrogen (secondary N) is 3. The lowest BCUT2D eigenvalue weighted by Crippen LogP contribution is -2.48. The molecule has 0 spiro atoms. The van der Waals surface area contributed by atoms with Crippen LogP contribution in [0.1, 0.15) is 18.4 Å². The smallest absolute Gasteiger partial charge is 0.250 e. The number of carbonyl (C=O) groups excluding carboxylic acids is 2. The molecular formula is C18H17N3O2S. The fraction of sp³-hybridized carbons (Fsp3) is 0.167. The lowest BCUT2D eigenvalue weighted by molar-refractivity contribution is -0.123. The van der Waals surface area contributed by atoms with Gasteiger partial charge in [0.15, 0.2) is 5.11 Å². The van der Waals surface area contributed by atoms with Crippen LogP contribution in [0.4, 0.5) is 0 Å². The normalized spacial score (nSPS) is 13.7. The summed E-state index contributed by atoms with van der Waals surface area (Å²) in [6, 6.07) is 13.9. The summed E-state index contributed by atoms with van der Waals surface area (Å²) in [6.07, 6.45) is 4.96. The molecule has 0 heterocycles. The molecule has 5 nitrogen and oxygen atoms in total. The van der Waals surface area contributed by atoms with E-state index in [2.05, 4.69) is 16.2 Å². The Labute approximate surface area is 145 Å².